The lowest BCUT2D eigenvalue weighted by molar-refractivity contribution is 0.0323. The zero-order chi connectivity index (χ0) is 14.1. The summed E-state index contributed by atoms with van der Waals surface area (Å²) in [5, 5.41) is 1.91. The van der Waals surface area contributed by atoms with Crippen molar-refractivity contribution in [2.75, 3.05) is 32.8 Å². The van der Waals surface area contributed by atoms with Crippen molar-refractivity contribution < 1.29 is 4.74 Å². The van der Waals surface area contributed by atoms with Gasteiger partial charge in [0.15, 0.2) is 4.77 Å². The molecule has 1 aliphatic rings. The van der Waals surface area contributed by atoms with E-state index in [0.717, 1.165) is 43.1 Å². The number of H-pyrrole nitrogens is 1. The lowest BCUT2D eigenvalue weighted by Gasteiger charge is -2.29. The predicted molar refractivity (Wildman–Crippen MR) is 83.2 cm³/mol. The van der Waals surface area contributed by atoms with Gasteiger partial charge in [-0.1, -0.05) is 0 Å². The Morgan fingerprint density at radius 3 is 3.00 bits per heavy atom. The van der Waals surface area contributed by atoms with Crippen molar-refractivity contribution in [3.05, 3.63) is 26.6 Å². The first kappa shape index (κ1) is 13.9. The molecule has 0 spiro atoms. The molecule has 108 valence electrons. The van der Waals surface area contributed by atoms with Crippen LogP contribution in [0.15, 0.2) is 16.2 Å². The van der Waals surface area contributed by atoms with E-state index in [1.165, 1.54) is 11.3 Å². The van der Waals surface area contributed by atoms with Crippen LogP contribution in [-0.4, -0.2) is 47.3 Å². The summed E-state index contributed by atoms with van der Waals surface area (Å²) in [6.45, 7) is 6.21. The molecule has 0 amide bonds. The molecular formula is C13H17N3O2S2. The van der Waals surface area contributed by atoms with Crippen LogP contribution in [0.5, 0.6) is 0 Å². The third-order valence-corrected chi connectivity index (χ3v) is 4.81. The van der Waals surface area contributed by atoms with Gasteiger partial charge >= 0.3 is 0 Å². The van der Waals surface area contributed by atoms with Crippen LogP contribution < -0.4 is 5.56 Å². The first-order chi connectivity index (χ1) is 9.66. The Labute approximate surface area is 125 Å². The van der Waals surface area contributed by atoms with Crippen LogP contribution in [0.4, 0.5) is 0 Å². The van der Waals surface area contributed by atoms with Gasteiger partial charge in [-0.3, -0.25) is 14.3 Å². The highest BCUT2D eigenvalue weighted by Gasteiger charge is 2.17. The smallest absolute Gasteiger partial charge is 0.272 e. The van der Waals surface area contributed by atoms with Gasteiger partial charge in [0.05, 0.1) is 18.7 Å². The molecule has 0 aromatic carbocycles. The van der Waals surface area contributed by atoms with Crippen LogP contribution in [0.1, 0.15) is 13.0 Å². The lowest BCUT2D eigenvalue weighted by Crippen LogP contribution is -2.41. The number of aromatic nitrogens is 2. The number of thiophene rings is 1. The van der Waals surface area contributed by atoms with Gasteiger partial charge in [-0.15, -0.1) is 11.3 Å². The highest BCUT2D eigenvalue weighted by atomic mass is 32.1. The second kappa shape index (κ2) is 5.77. The largest absolute Gasteiger partial charge is 0.379 e. The monoisotopic (exact) mass is 311 g/mol. The first-order valence-electron chi connectivity index (χ1n) is 6.69. The van der Waals surface area contributed by atoms with E-state index in [1.807, 2.05) is 18.4 Å². The Morgan fingerprint density at radius 1 is 1.50 bits per heavy atom. The Bertz CT molecular complexity index is 712. The van der Waals surface area contributed by atoms with Crippen molar-refractivity contribution in [1.82, 2.24) is 14.5 Å². The average molecular weight is 311 g/mol. The Morgan fingerprint density at radius 2 is 2.25 bits per heavy atom. The fourth-order valence-corrected chi connectivity index (χ4v) is 3.75. The van der Waals surface area contributed by atoms with Crippen LogP contribution in [0.25, 0.3) is 10.2 Å². The molecule has 1 atom stereocenters. The maximum atomic E-state index is 12.5. The van der Waals surface area contributed by atoms with E-state index >= 15 is 0 Å². The molecule has 3 rings (SSSR count). The number of hydrogen-bond acceptors (Lipinski definition) is 5. The number of fused-ring (bicyclic) bond motifs is 1. The van der Waals surface area contributed by atoms with E-state index in [1.54, 1.807) is 4.57 Å². The number of morpholine rings is 1. The van der Waals surface area contributed by atoms with E-state index in [2.05, 4.69) is 9.88 Å². The van der Waals surface area contributed by atoms with Crippen LogP contribution in [-0.2, 0) is 4.74 Å². The minimum absolute atomic E-state index is 0.0134. The van der Waals surface area contributed by atoms with Gasteiger partial charge in [0, 0.05) is 25.7 Å². The van der Waals surface area contributed by atoms with Gasteiger partial charge in [-0.2, -0.15) is 0 Å². The molecule has 7 heteroatoms. The maximum Gasteiger partial charge on any atom is 0.272 e. The molecule has 1 N–H and O–H groups in total. The summed E-state index contributed by atoms with van der Waals surface area (Å²) in [4.78, 5) is 18.0. The number of hydrogen-bond donors (Lipinski definition) is 1. The van der Waals surface area contributed by atoms with Crippen molar-refractivity contribution >= 4 is 33.8 Å². The van der Waals surface area contributed by atoms with E-state index in [4.69, 9.17) is 17.0 Å². The lowest BCUT2D eigenvalue weighted by atomic mass is 10.2. The standard InChI is InChI=1S/C13H17N3O2S2/c1-9(8-15-3-5-18-6-4-15)16-12(17)11-10(2-7-20-11)14-13(16)19/h2,7,9H,3-6,8H2,1H3,(H,14,19). The summed E-state index contributed by atoms with van der Waals surface area (Å²) >= 11 is 6.80. The number of aromatic amines is 1. The Kier molecular flexibility index (Phi) is 4.02. The maximum absolute atomic E-state index is 12.5. The second-order valence-electron chi connectivity index (χ2n) is 5.03. The molecule has 2 aromatic rings. The molecule has 0 bridgehead atoms. The van der Waals surface area contributed by atoms with Crippen molar-refractivity contribution in [3.8, 4) is 0 Å². The van der Waals surface area contributed by atoms with Crippen LogP contribution >= 0.6 is 23.6 Å². The fourth-order valence-electron chi connectivity index (χ4n) is 2.59. The highest BCUT2D eigenvalue weighted by Crippen LogP contribution is 2.16. The predicted octanol–water partition coefficient (Wildman–Crippen LogP) is 2.01. The zero-order valence-corrected chi connectivity index (χ0v) is 12.9. The molecule has 1 unspecified atom stereocenters. The quantitative estimate of drug-likeness (QED) is 0.881. The third-order valence-electron chi connectivity index (χ3n) is 3.61. The SMILES string of the molecule is CC(CN1CCOCC1)n1c(=S)[nH]c2ccsc2c1=O. The Balaban J connectivity index is 1.92. The average Bonchev–Trinajstić information content (AvgIpc) is 2.88. The number of nitrogens with one attached hydrogen (secondary N) is 1. The van der Waals surface area contributed by atoms with Gasteiger partial charge in [0.25, 0.3) is 5.56 Å². The summed E-state index contributed by atoms with van der Waals surface area (Å²) in [7, 11) is 0. The highest BCUT2D eigenvalue weighted by molar-refractivity contribution is 7.71. The molecule has 0 radical (unpaired) electrons. The Hall–Kier alpha value is -1.02. The summed E-state index contributed by atoms with van der Waals surface area (Å²) in [5.41, 5.74) is 0.847. The molecule has 3 heterocycles. The van der Waals surface area contributed by atoms with Crippen molar-refractivity contribution in [3.63, 3.8) is 0 Å². The van der Waals surface area contributed by atoms with Crippen molar-refractivity contribution in [2.24, 2.45) is 0 Å². The van der Waals surface area contributed by atoms with Gasteiger partial charge in [-0.05, 0) is 30.6 Å². The normalized spacial score (nSPS) is 18.4. The first-order valence-corrected chi connectivity index (χ1v) is 7.98. The van der Waals surface area contributed by atoms with Crippen molar-refractivity contribution in [1.29, 1.82) is 0 Å². The van der Waals surface area contributed by atoms with Gasteiger partial charge in [0.2, 0.25) is 0 Å². The molecule has 1 saturated heterocycles. The van der Waals surface area contributed by atoms with Crippen LogP contribution in [0, 0.1) is 4.77 Å². The van der Waals surface area contributed by atoms with Gasteiger partial charge < -0.3 is 9.72 Å². The number of nitrogens with zero attached hydrogens (tertiary/aromatic N) is 2. The molecule has 5 nitrogen and oxygen atoms in total. The fraction of sp³-hybridized carbons (Fsp3) is 0.538. The zero-order valence-electron chi connectivity index (χ0n) is 11.3. The van der Waals surface area contributed by atoms with E-state index < -0.39 is 0 Å². The summed E-state index contributed by atoms with van der Waals surface area (Å²) < 4.78 is 8.29. The minimum atomic E-state index is 0.0134. The molecule has 2 aromatic heterocycles. The van der Waals surface area contributed by atoms with Gasteiger partial charge in [-0.25, -0.2) is 0 Å². The molecule has 1 aliphatic heterocycles. The molecule has 0 aliphatic carbocycles. The van der Waals surface area contributed by atoms with E-state index in [9.17, 15) is 4.79 Å². The van der Waals surface area contributed by atoms with Crippen LogP contribution in [0.2, 0.25) is 0 Å². The second-order valence-corrected chi connectivity index (χ2v) is 6.33. The molecule has 1 fully saturated rings. The van der Waals surface area contributed by atoms with Crippen molar-refractivity contribution in [2.45, 2.75) is 13.0 Å². The van der Waals surface area contributed by atoms with Gasteiger partial charge in [0.1, 0.15) is 4.70 Å². The molecular weight excluding hydrogens is 294 g/mol. The summed E-state index contributed by atoms with van der Waals surface area (Å²) in [6, 6.07) is 1.95. The molecule has 20 heavy (non-hydrogen) atoms. The number of ether oxygens (including phenoxy) is 1. The molecule has 0 saturated carbocycles. The third kappa shape index (κ3) is 2.58. The van der Waals surface area contributed by atoms with Crippen LogP contribution in [0.3, 0.4) is 0 Å². The van der Waals surface area contributed by atoms with E-state index in [0.29, 0.717) is 4.77 Å². The topological polar surface area (TPSA) is 50.3 Å². The summed E-state index contributed by atoms with van der Waals surface area (Å²) in [6.07, 6.45) is 0. The van der Waals surface area contributed by atoms with E-state index in [-0.39, 0.29) is 11.6 Å². The number of rotatable bonds is 3. The minimum Gasteiger partial charge on any atom is -0.379 e. The summed E-state index contributed by atoms with van der Waals surface area (Å²) in [5.74, 6) is 0.